The Kier molecular flexibility index (Phi) is 13.8. The summed E-state index contributed by atoms with van der Waals surface area (Å²) in [5.41, 5.74) is 10.4. The molecule has 356 valence electrons. The van der Waals surface area contributed by atoms with Crippen molar-refractivity contribution in [2.24, 2.45) is 0 Å². The summed E-state index contributed by atoms with van der Waals surface area (Å²) in [4.78, 5) is 55.8. The molecule has 11 heteroatoms. The molecule has 8 aromatic carbocycles. The van der Waals surface area contributed by atoms with Gasteiger partial charge in [0.05, 0.1) is 12.6 Å². The summed E-state index contributed by atoms with van der Waals surface area (Å²) in [6, 6.07) is 56.8. The highest BCUT2D eigenvalue weighted by Gasteiger charge is 2.32. The number of alkyl carbamates (subject to hydrolysis) is 2. The van der Waals surface area contributed by atoms with E-state index in [2.05, 4.69) is 45.5 Å². The topological polar surface area (TPSA) is 155 Å². The van der Waals surface area contributed by atoms with Gasteiger partial charge in [0.1, 0.15) is 25.3 Å². The van der Waals surface area contributed by atoms with E-state index in [-0.39, 0.29) is 50.9 Å². The first kappa shape index (κ1) is 46.4. The average Bonchev–Trinajstić information content (AvgIpc) is 3.91. The van der Waals surface area contributed by atoms with Gasteiger partial charge in [-0.15, -0.1) is 0 Å². The fourth-order valence-electron chi connectivity index (χ4n) is 10.4. The van der Waals surface area contributed by atoms with Gasteiger partial charge < -0.3 is 35.8 Å². The Labute approximate surface area is 412 Å². The van der Waals surface area contributed by atoms with Crippen LogP contribution in [-0.2, 0) is 31.9 Å². The summed E-state index contributed by atoms with van der Waals surface area (Å²) in [6.07, 6.45) is -1.01. The molecule has 0 fully saturated rings. The molecule has 3 atom stereocenters. The number of aliphatic hydroxyl groups excluding tert-OH is 1. The summed E-state index contributed by atoms with van der Waals surface area (Å²) in [5.74, 6) is -1.32. The van der Waals surface area contributed by atoms with Gasteiger partial charge in [-0.2, -0.15) is 0 Å². The first-order valence-electron chi connectivity index (χ1n) is 24.2. The molecule has 0 heterocycles. The molecule has 1 unspecified atom stereocenters. The molecule has 0 radical (unpaired) electrons. The number of nitrogens with one attached hydrogen (secondary N) is 4. The number of hydrogen-bond donors (Lipinski definition) is 5. The van der Waals surface area contributed by atoms with Gasteiger partial charge in [0.25, 0.3) is 0 Å². The largest absolute Gasteiger partial charge is 0.449 e. The first-order valence-corrected chi connectivity index (χ1v) is 24.2. The van der Waals surface area contributed by atoms with Crippen molar-refractivity contribution in [3.63, 3.8) is 0 Å². The van der Waals surface area contributed by atoms with E-state index in [0.29, 0.717) is 0 Å². The van der Waals surface area contributed by atoms with Crippen molar-refractivity contribution >= 4 is 45.5 Å². The Hall–Kier alpha value is -8.28. The first-order chi connectivity index (χ1) is 34.8. The number of amides is 4. The van der Waals surface area contributed by atoms with E-state index in [1.807, 2.05) is 158 Å². The monoisotopic (exact) mass is 942 g/mol. The molecular weight excluding hydrogens is 889 g/mol. The third-order valence-corrected chi connectivity index (χ3v) is 13.9. The van der Waals surface area contributed by atoms with Gasteiger partial charge in [0, 0.05) is 31.2 Å². The lowest BCUT2D eigenvalue weighted by atomic mass is 9.98. The molecule has 2 aliphatic rings. The fourth-order valence-corrected chi connectivity index (χ4v) is 10.4. The van der Waals surface area contributed by atoms with E-state index in [9.17, 15) is 24.3 Å². The number of carbonyl (C=O) groups excluding carboxylic acids is 4. The van der Waals surface area contributed by atoms with E-state index in [1.165, 1.54) is 0 Å². The zero-order valence-corrected chi connectivity index (χ0v) is 39.1. The number of carbonyl (C=O) groups is 4. The van der Waals surface area contributed by atoms with Crippen molar-refractivity contribution in [1.82, 2.24) is 21.3 Å². The molecule has 4 amide bonds. The Bertz CT molecular complexity index is 3160. The molecule has 0 bridgehead atoms. The minimum atomic E-state index is -1.08. The Morgan fingerprint density at radius 2 is 0.831 bits per heavy atom. The molecule has 0 saturated heterocycles. The standard InChI is InChI=1S/C60H54N4O7/c65-35-42(62-58(67)56(34-41-20-14-18-39-16-2-4-22-44(39)41)64-60(69)71-37-54-51-29-11-7-25-47(51)48-26-8-12-30-52(48)54)31-32-61-57(66)55(33-40-19-13-17-38-15-1-3-21-43(38)40)63-59(68)70-36-53-49-27-9-5-23-45(49)46-24-6-10-28-50(46)53/h1-30,42,53-56,65H,31-37H2,(H,61,66)(H,62,67)(H,63,68)(H,64,69)/t42?,55-,56-/m0/s1. The predicted octanol–water partition coefficient (Wildman–Crippen LogP) is 9.58. The van der Waals surface area contributed by atoms with Crippen LogP contribution in [0.15, 0.2) is 182 Å². The maximum absolute atomic E-state index is 14.3. The van der Waals surface area contributed by atoms with Gasteiger partial charge in [-0.05, 0) is 83.6 Å². The molecular formula is C60H54N4O7. The third-order valence-electron chi connectivity index (χ3n) is 13.9. The van der Waals surface area contributed by atoms with Crippen LogP contribution in [0, 0.1) is 0 Å². The number of hydrogen-bond acceptors (Lipinski definition) is 7. The minimum absolute atomic E-state index is 0.0521. The van der Waals surface area contributed by atoms with Crippen molar-refractivity contribution in [2.75, 3.05) is 26.4 Å². The second-order valence-electron chi connectivity index (χ2n) is 18.2. The lowest BCUT2D eigenvalue weighted by molar-refractivity contribution is -0.124. The number of rotatable bonds is 17. The van der Waals surface area contributed by atoms with Crippen LogP contribution in [-0.4, -0.2) is 73.6 Å². The number of ether oxygens (including phenoxy) is 2. The molecule has 11 nitrogen and oxygen atoms in total. The molecule has 71 heavy (non-hydrogen) atoms. The highest BCUT2D eigenvalue weighted by Crippen LogP contribution is 2.45. The molecule has 5 N–H and O–H groups in total. The molecule has 0 aromatic heterocycles. The lowest BCUT2D eigenvalue weighted by Crippen LogP contribution is -2.53. The zero-order valence-electron chi connectivity index (χ0n) is 39.1. The molecule has 2 aliphatic carbocycles. The third kappa shape index (κ3) is 10.1. The van der Waals surface area contributed by atoms with E-state index in [0.717, 1.165) is 77.2 Å². The van der Waals surface area contributed by atoms with Crippen molar-refractivity contribution in [3.05, 3.63) is 215 Å². The van der Waals surface area contributed by atoms with E-state index < -0.39 is 48.7 Å². The summed E-state index contributed by atoms with van der Waals surface area (Å²) < 4.78 is 11.8. The van der Waals surface area contributed by atoms with Crippen LogP contribution in [0.3, 0.4) is 0 Å². The van der Waals surface area contributed by atoms with Gasteiger partial charge in [0.2, 0.25) is 11.8 Å². The average molecular weight is 943 g/mol. The van der Waals surface area contributed by atoms with E-state index in [4.69, 9.17) is 9.47 Å². The second kappa shape index (κ2) is 21.2. The Morgan fingerprint density at radius 1 is 0.451 bits per heavy atom. The number of benzene rings is 8. The minimum Gasteiger partial charge on any atom is -0.449 e. The Balaban J connectivity index is 0.807. The number of fused-ring (bicyclic) bond motifs is 8. The molecule has 0 aliphatic heterocycles. The van der Waals surface area contributed by atoms with Crippen LogP contribution in [0.2, 0.25) is 0 Å². The van der Waals surface area contributed by atoms with Crippen molar-refractivity contribution in [2.45, 2.75) is 49.2 Å². The van der Waals surface area contributed by atoms with Gasteiger partial charge in [0.15, 0.2) is 0 Å². The van der Waals surface area contributed by atoms with Gasteiger partial charge in [-0.25, -0.2) is 9.59 Å². The van der Waals surface area contributed by atoms with Crippen LogP contribution in [0.4, 0.5) is 9.59 Å². The van der Waals surface area contributed by atoms with E-state index in [1.54, 1.807) is 0 Å². The maximum Gasteiger partial charge on any atom is 0.407 e. The molecule has 10 rings (SSSR count). The molecule has 8 aromatic rings. The van der Waals surface area contributed by atoms with Crippen LogP contribution < -0.4 is 21.3 Å². The van der Waals surface area contributed by atoms with Crippen molar-refractivity contribution in [3.8, 4) is 22.3 Å². The van der Waals surface area contributed by atoms with Crippen LogP contribution in [0.5, 0.6) is 0 Å². The summed E-state index contributed by atoms with van der Waals surface area (Å²) in [7, 11) is 0. The normalized spacial score (nSPS) is 13.8. The lowest BCUT2D eigenvalue weighted by Gasteiger charge is -2.24. The van der Waals surface area contributed by atoms with Gasteiger partial charge >= 0.3 is 12.2 Å². The summed E-state index contributed by atoms with van der Waals surface area (Å²) in [5, 5.41) is 26.0. The van der Waals surface area contributed by atoms with Gasteiger partial charge in [-0.1, -0.05) is 182 Å². The predicted molar refractivity (Wildman–Crippen MR) is 276 cm³/mol. The summed E-state index contributed by atoms with van der Waals surface area (Å²) >= 11 is 0. The highest BCUT2D eigenvalue weighted by atomic mass is 16.6. The van der Waals surface area contributed by atoms with Crippen LogP contribution in [0.25, 0.3) is 43.8 Å². The fraction of sp³-hybridized carbons (Fsp3) is 0.200. The van der Waals surface area contributed by atoms with E-state index >= 15 is 0 Å². The maximum atomic E-state index is 14.3. The second-order valence-corrected chi connectivity index (χ2v) is 18.2. The van der Waals surface area contributed by atoms with Crippen LogP contribution in [0.1, 0.15) is 51.6 Å². The summed E-state index contributed by atoms with van der Waals surface area (Å²) in [6.45, 7) is -0.238. The smallest absolute Gasteiger partial charge is 0.407 e. The number of aliphatic hydroxyl groups is 1. The Morgan fingerprint density at radius 3 is 1.27 bits per heavy atom. The van der Waals surface area contributed by atoms with Crippen molar-refractivity contribution < 1.29 is 33.8 Å². The van der Waals surface area contributed by atoms with Crippen molar-refractivity contribution in [1.29, 1.82) is 0 Å². The quantitative estimate of drug-likeness (QED) is 0.0609. The molecule has 0 saturated carbocycles. The molecule has 0 spiro atoms. The SMILES string of the molecule is O=C(N[C@@H](Cc1cccc2ccccc12)C(=O)NCCC(CO)NC(=O)[C@H](Cc1cccc2ccccc12)NC(=O)OCC1c2ccccc2-c2ccccc21)OCC1c2ccccc2-c2ccccc21. The zero-order chi connectivity index (χ0) is 48.7. The van der Waals surface area contributed by atoms with Gasteiger partial charge in [-0.3, -0.25) is 9.59 Å². The van der Waals surface area contributed by atoms with Crippen LogP contribution >= 0.6 is 0 Å². The highest BCUT2D eigenvalue weighted by molar-refractivity contribution is 5.91.